The first-order valence-electron chi connectivity index (χ1n) is 7.83. The van der Waals surface area contributed by atoms with Crippen molar-refractivity contribution in [2.45, 2.75) is 17.9 Å². The van der Waals surface area contributed by atoms with Crippen LogP contribution in [0.3, 0.4) is 0 Å². The van der Waals surface area contributed by atoms with E-state index >= 15 is 0 Å². The maximum atomic E-state index is 13.3. The Morgan fingerprint density at radius 2 is 1.96 bits per heavy atom. The summed E-state index contributed by atoms with van der Waals surface area (Å²) in [5.74, 6) is 0. The monoisotopic (exact) mass is 386 g/mol. The Bertz CT molecular complexity index is 1070. The highest BCUT2D eigenvalue weighted by Crippen LogP contribution is 2.30. The number of pyridine rings is 2. The number of nitrogens with zero attached hydrogens (tertiary/aromatic N) is 4. The van der Waals surface area contributed by atoms with Gasteiger partial charge in [-0.3, -0.25) is 9.97 Å². The van der Waals surface area contributed by atoms with Gasteiger partial charge in [0.05, 0.1) is 21.5 Å². The van der Waals surface area contributed by atoms with Crippen molar-refractivity contribution >= 4 is 32.5 Å². The molecule has 3 aromatic rings. The van der Waals surface area contributed by atoms with Gasteiger partial charge in [0.2, 0.25) is 10.0 Å². The van der Waals surface area contributed by atoms with Crippen molar-refractivity contribution in [3.63, 3.8) is 0 Å². The first kappa shape index (κ1) is 18.3. The summed E-state index contributed by atoms with van der Waals surface area (Å²) in [5, 5.41) is 9.75. The molecular weight excluding hydrogens is 372 g/mol. The molecule has 0 spiro atoms. The molecule has 132 valence electrons. The lowest BCUT2D eigenvalue weighted by molar-refractivity contribution is 0.413. The van der Waals surface area contributed by atoms with E-state index in [9.17, 15) is 8.42 Å². The zero-order valence-corrected chi connectivity index (χ0v) is 15.3. The van der Waals surface area contributed by atoms with Crippen LogP contribution >= 0.6 is 11.6 Å². The van der Waals surface area contributed by atoms with E-state index in [4.69, 9.17) is 16.9 Å². The highest BCUT2D eigenvalue weighted by molar-refractivity contribution is 7.89. The number of sulfonamides is 1. The Morgan fingerprint density at radius 1 is 1.15 bits per heavy atom. The summed E-state index contributed by atoms with van der Waals surface area (Å²) in [4.78, 5) is 8.32. The fraction of sp³-hybridized carbons (Fsp3) is 0.167. The van der Waals surface area contributed by atoms with E-state index in [1.165, 1.54) is 16.4 Å². The summed E-state index contributed by atoms with van der Waals surface area (Å²) in [7, 11) is -3.86. The maximum absolute atomic E-state index is 13.3. The van der Waals surface area contributed by atoms with Gasteiger partial charge < -0.3 is 0 Å². The molecule has 0 saturated heterocycles. The highest BCUT2D eigenvalue weighted by atomic mass is 35.5. The van der Waals surface area contributed by atoms with E-state index in [1.807, 2.05) is 6.07 Å². The SMILES string of the molecule is N#CCCN(Cc1cccnc1)S(=O)(=O)c1ccc(Cl)c2ncccc12. The largest absolute Gasteiger partial charge is 0.264 e. The van der Waals surface area contributed by atoms with Crippen molar-refractivity contribution in [3.05, 3.63) is 65.6 Å². The lowest BCUT2D eigenvalue weighted by Crippen LogP contribution is -2.31. The Morgan fingerprint density at radius 3 is 2.69 bits per heavy atom. The molecule has 0 saturated carbocycles. The molecule has 8 heteroatoms. The van der Waals surface area contributed by atoms with E-state index < -0.39 is 10.0 Å². The molecule has 0 fully saturated rings. The van der Waals surface area contributed by atoms with Crippen molar-refractivity contribution in [2.75, 3.05) is 6.54 Å². The second-order valence-electron chi connectivity index (χ2n) is 5.55. The van der Waals surface area contributed by atoms with Crippen molar-refractivity contribution in [1.82, 2.24) is 14.3 Å². The van der Waals surface area contributed by atoms with Crippen molar-refractivity contribution in [2.24, 2.45) is 0 Å². The molecule has 0 aliphatic rings. The number of rotatable bonds is 6. The van der Waals surface area contributed by atoms with Crippen LogP contribution in [0.15, 0.2) is 59.9 Å². The third-order valence-corrected chi connectivity index (χ3v) is 6.06. The molecule has 6 nitrogen and oxygen atoms in total. The van der Waals surface area contributed by atoms with E-state index in [2.05, 4.69) is 9.97 Å². The van der Waals surface area contributed by atoms with Crippen molar-refractivity contribution < 1.29 is 8.42 Å². The molecule has 2 heterocycles. The number of halogens is 1. The Labute approximate surface area is 156 Å². The molecular formula is C18H15ClN4O2S. The van der Waals surface area contributed by atoms with Crippen LogP contribution in [-0.4, -0.2) is 29.2 Å². The summed E-state index contributed by atoms with van der Waals surface area (Å²) in [6, 6.07) is 11.9. The average Bonchev–Trinajstić information content (AvgIpc) is 2.66. The molecule has 1 aromatic carbocycles. The molecule has 0 aliphatic heterocycles. The average molecular weight is 387 g/mol. The smallest absolute Gasteiger partial charge is 0.244 e. The predicted molar refractivity (Wildman–Crippen MR) is 98.8 cm³/mol. The number of hydrogen-bond donors (Lipinski definition) is 0. The molecule has 3 rings (SSSR count). The van der Waals surface area contributed by atoms with Gasteiger partial charge in [0.1, 0.15) is 0 Å². The van der Waals surface area contributed by atoms with Gasteiger partial charge in [-0.1, -0.05) is 17.7 Å². The summed E-state index contributed by atoms with van der Waals surface area (Å²) in [6.07, 6.45) is 4.88. The van der Waals surface area contributed by atoms with Crippen LogP contribution in [0, 0.1) is 11.3 Å². The van der Waals surface area contributed by atoms with E-state index in [0.29, 0.717) is 15.9 Å². The zero-order valence-electron chi connectivity index (χ0n) is 13.7. The lowest BCUT2D eigenvalue weighted by atomic mass is 10.2. The van der Waals surface area contributed by atoms with Gasteiger partial charge in [-0.15, -0.1) is 0 Å². The fourth-order valence-electron chi connectivity index (χ4n) is 2.63. The minimum atomic E-state index is -3.86. The number of hydrogen-bond acceptors (Lipinski definition) is 5. The Kier molecular flexibility index (Phi) is 5.47. The fourth-order valence-corrected chi connectivity index (χ4v) is 4.46. The van der Waals surface area contributed by atoms with Gasteiger partial charge in [0.15, 0.2) is 0 Å². The molecule has 0 unspecified atom stereocenters. The first-order chi connectivity index (χ1) is 12.5. The molecule has 26 heavy (non-hydrogen) atoms. The summed E-state index contributed by atoms with van der Waals surface area (Å²) in [5.41, 5.74) is 1.17. The molecule has 0 radical (unpaired) electrons. The van der Waals surface area contributed by atoms with Crippen LogP contribution in [-0.2, 0) is 16.6 Å². The van der Waals surface area contributed by atoms with Crippen LogP contribution < -0.4 is 0 Å². The number of benzene rings is 1. The molecule has 0 atom stereocenters. The molecule has 0 aliphatic carbocycles. The molecule has 0 bridgehead atoms. The molecule has 2 aromatic heterocycles. The summed E-state index contributed by atoms with van der Waals surface area (Å²) < 4.78 is 27.9. The van der Waals surface area contributed by atoms with Gasteiger partial charge in [0.25, 0.3) is 0 Å². The minimum Gasteiger partial charge on any atom is -0.264 e. The maximum Gasteiger partial charge on any atom is 0.244 e. The first-order valence-corrected chi connectivity index (χ1v) is 9.65. The molecule has 0 amide bonds. The van der Waals surface area contributed by atoms with Crippen LogP contribution in [0.25, 0.3) is 10.9 Å². The van der Waals surface area contributed by atoms with Gasteiger partial charge >= 0.3 is 0 Å². The number of fused-ring (bicyclic) bond motifs is 1. The van der Waals surface area contributed by atoms with Crippen LogP contribution in [0.5, 0.6) is 0 Å². The van der Waals surface area contributed by atoms with Gasteiger partial charge in [-0.25, -0.2) is 8.42 Å². The topological polar surface area (TPSA) is 87.0 Å². The normalized spacial score (nSPS) is 11.6. The second kappa shape index (κ2) is 7.79. The lowest BCUT2D eigenvalue weighted by Gasteiger charge is -2.22. The summed E-state index contributed by atoms with van der Waals surface area (Å²) in [6.45, 7) is 0.209. The van der Waals surface area contributed by atoms with E-state index in [1.54, 1.807) is 42.9 Å². The van der Waals surface area contributed by atoms with E-state index in [0.717, 1.165) is 5.56 Å². The Balaban J connectivity index is 2.08. The van der Waals surface area contributed by atoms with Gasteiger partial charge in [0, 0.05) is 43.5 Å². The third kappa shape index (κ3) is 3.68. The number of nitriles is 1. The zero-order chi connectivity index (χ0) is 18.6. The van der Waals surface area contributed by atoms with Gasteiger partial charge in [-0.05, 0) is 35.9 Å². The minimum absolute atomic E-state index is 0.0815. The standard InChI is InChI=1S/C18H15ClN4O2S/c19-16-6-7-17(15-5-2-10-22-18(15)16)26(24,25)23(11-3-8-20)13-14-4-1-9-21-12-14/h1-2,4-7,9-10,12H,3,11,13H2. The van der Waals surface area contributed by atoms with Gasteiger partial charge in [-0.2, -0.15) is 9.57 Å². The predicted octanol–water partition coefficient (Wildman–Crippen LogP) is 3.39. The summed E-state index contributed by atoms with van der Waals surface area (Å²) >= 11 is 6.15. The number of aromatic nitrogens is 2. The highest BCUT2D eigenvalue weighted by Gasteiger charge is 2.27. The van der Waals surface area contributed by atoms with Crippen molar-refractivity contribution in [1.29, 1.82) is 5.26 Å². The molecule has 0 N–H and O–H groups in total. The second-order valence-corrected chi connectivity index (χ2v) is 7.87. The third-order valence-electron chi connectivity index (χ3n) is 3.85. The van der Waals surface area contributed by atoms with Crippen molar-refractivity contribution in [3.8, 4) is 6.07 Å². The van der Waals surface area contributed by atoms with E-state index in [-0.39, 0.29) is 24.4 Å². The van der Waals surface area contributed by atoms with Crippen LogP contribution in [0.1, 0.15) is 12.0 Å². The Hall–Kier alpha value is -2.53. The quantitative estimate of drug-likeness (QED) is 0.648. The van der Waals surface area contributed by atoms with Crippen LogP contribution in [0.4, 0.5) is 0 Å². The van der Waals surface area contributed by atoms with Crippen LogP contribution in [0.2, 0.25) is 5.02 Å².